The fourth-order valence-corrected chi connectivity index (χ4v) is 1.55. The van der Waals surface area contributed by atoms with Gasteiger partial charge in [-0.1, -0.05) is 37.3 Å². The van der Waals surface area contributed by atoms with Crippen LogP contribution in [0.2, 0.25) is 0 Å². The third-order valence-corrected chi connectivity index (χ3v) is 2.64. The largest absolute Gasteiger partial charge is 0.373 e. The van der Waals surface area contributed by atoms with Crippen LogP contribution in [0.5, 0.6) is 0 Å². The second-order valence-electron chi connectivity index (χ2n) is 3.94. The van der Waals surface area contributed by atoms with Crippen molar-refractivity contribution in [1.82, 2.24) is 0 Å². The second-order valence-corrected chi connectivity index (χ2v) is 3.94. The molecular weight excluding hydrogens is 172 g/mol. The van der Waals surface area contributed by atoms with Crippen molar-refractivity contribution in [2.45, 2.75) is 25.9 Å². The topological polar surface area (TPSA) is 9.23 Å². The summed E-state index contributed by atoms with van der Waals surface area (Å²) in [7, 11) is 0. The van der Waals surface area contributed by atoms with Gasteiger partial charge in [0.15, 0.2) is 0 Å². The lowest BCUT2D eigenvalue weighted by Gasteiger charge is -2.15. The van der Waals surface area contributed by atoms with Gasteiger partial charge >= 0.3 is 0 Å². The molecule has 1 aromatic carbocycles. The van der Waals surface area contributed by atoms with Crippen molar-refractivity contribution >= 4 is 0 Å². The van der Waals surface area contributed by atoms with Crippen LogP contribution >= 0.6 is 0 Å². The molecule has 0 N–H and O–H groups in total. The molecule has 0 bridgehead atoms. The molecule has 0 amide bonds. The Morgan fingerprint density at radius 2 is 2.07 bits per heavy atom. The Kier molecular flexibility index (Phi) is 3.20. The van der Waals surface area contributed by atoms with E-state index in [4.69, 9.17) is 4.74 Å². The molecule has 1 radical (unpaired) electrons. The molecule has 1 aromatic rings. The summed E-state index contributed by atoms with van der Waals surface area (Å²) in [6.07, 6.45) is 5.01. The van der Waals surface area contributed by atoms with Crippen LogP contribution < -0.4 is 0 Å². The fourth-order valence-electron chi connectivity index (χ4n) is 1.55. The summed E-state index contributed by atoms with van der Waals surface area (Å²) in [6, 6.07) is 10.4. The van der Waals surface area contributed by atoms with Crippen LogP contribution in [0.15, 0.2) is 30.3 Å². The van der Waals surface area contributed by atoms with E-state index in [-0.39, 0.29) is 6.10 Å². The molecule has 0 aliphatic heterocycles. The maximum Gasteiger partial charge on any atom is 0.0854 e. The van der Waals surface area contributed by atoms with Gasteiger partial charge in [0.2, 0.25) is 0 Å². The highest BCUT2D eigenvalue weighted by Crippen LogP contribution is 2.31. The number of ether oxygens (including phenoxy) is 1. The highest BCUT2D eigenvalue weighted by Gasteiger charge is 2.23. The maximum absolute atomic E-state index is 5.85. The molecule has 0 saturated heterocycles. The van der Waals surface area contributed by atoms with E-state index in [2.05, 4.69) is 37.6 Å². The number of hydrogen-bond donors (Lipinski definition) is 0. The van der Waals surface area contributed by atoms with E-state index in [1.54, 1.807) is 0 Å². The summed E-state index contributed by atoms with van der Waals surface area (Å²) in [5, 5.41) is 0. The highest BCUT2D eigenvalue weighted by atomic mass is 16.5. The van der Waals surface area contributed by atoms with Gasteiger partial charge in [0.05, 0.1) is 12.7 Å². The first-order chi connectivity index (χ1) is 6.90. The first kappa shape index (κ1) is 9.72. The first-order valence-electron chi connectivity index (χ1n) is 5.36. The molecule has 0 aromatic heterocycles. The minimum Gasteiger partial charge on any atom is -0.373 e. The lowest BCUT2D eigenvalue weighted by atomic mass is 10.1. The van der Waals surface area contributed by atoms with E-state index in [0.717, 1.165) is 12.5 Å². The van der Waals surface area contributed by atoms with Crippen molar-refractivity contribution in [3.8, 4) is 0 Å². The van der Waals surface area contributed by atoms with Crippen molar-refractivity contribution in [2.75, 3.05) is 6.61 Å². The second kappa shape index (κ2) is 4.61. The number of hydrogen-bond acceptors (Lipinski definition) is 1. The summed E-state index contributed by atoms with van der Waals surface area (Å²) in [4.78, 5) is 0. The number of benzene rings is 1. The standard InChI is InChI=1S/C13H17O/c1-2-13(14-10-11-8-9-11)12-6-4-3-5-7-12/h2-7,11,13H,8-10H2,1H3/t13-/m0/s1. The molecule has 0 heterocycles. The predicted octanol–water partition coefficient (Wildman–Crippen LogP) is 3.38. The molecule has 0 spiro atoms. The zero-order valence-electron chi connectivity index (χ0n) is 8.65. The SMILES string of the molecule is C[CH][C@H](OCC1CC1)c1ccccc1. The van der Waals surface area contributed by atoms with Gasteiger partial charge in [0, 0.05) is 0 Å². The molecule has 1 heteroatoms. The zero-order valence-corrected chi connectivity index (χ0v) is 8.65. The van der Waals surface area contributed by atoms with Crippen molar-refractivity contribution in [2.24, 2.45) is 5.92 Å². The summed E-state index contributed by atoms with van der Waals surface area (Å²) >= 11 is 0. The van der Waals surface area contributed by atoms with Crippen LogP contribution in [0.3, 0.4) is 0 Å². The Labute approximate surface area is 86.1 Å². The Bertz CT molecular complexity index is 264. The molecule has 0 unspecified atom stereocenters. The molecular formula is C13H17O. The Hall–Kier alpha value is -0.820. The monoisotopic (exact) mass is 189 g/mol. The zero-order chi connectivity index (χ0) is 9.80. The molecule has 1 nitrogen and oxygen atoms in total. The molecule has 1 atom stereocenters. The number of rotatable bonds is 5. The Balaban J connectivity index is 1.90. The molecule has 75 valence electrons. The lowest BCUT2D eigenvalue weighted by Crippen LogP contribution is -2.05. The molecule has 1 aliphatic rings. The third-order valence-electron chi connectivity index (χ3n) is 2.64. The molecule has 14 heavy (non-hydrogen) atoms. The van der Waals surface area contributed by atoms with Gasteiger partial charge in [0.25, 0.3) is 0 Å². The quantitative estimate of drug-likeness (QED) is 0.690. The van der Waals surface area contributed by atoms with E-state index in [9.17, 15) is 0 Å². The van der Waals surface area contributed by atoms with E-state index in [1.165, 1.54) is 18.4 Å². The minimum absolute atomic E-state index is 0.178. The van der Waals surface area contributed by atoms with Crippen molar-refractivity contribution in [3.63, 3.8) is 0 Å². The van der Waals surface area contributed by atoms with Crippen molar-refractivity contribution in [3.05, 3.63) is 42.3 Å². The summed E-state index contributed by atoms with van der Waals surface area (Å²) in [6.45, 7) is 2.98. The highest BCUT2D eigenvalue weighted by molar-refractivity contribution is 5.19. The van der Waals surface area contributed by atoms with Crippen LogP contribution in [0.1, 0.15) is 31.4 Å². The summed E-state index contributed by atoms with van der Waals surface area (Å²) < 4.78 is 5.85. The normalized spacial score (nSPS) is 18.1. The average Bonchev–Trinajstić information content (AvgIpc) is 3.04. The van der Waals surface area contributed by atoms with E-state index in [0.29, 0.717) is 0 Å². The molecule has 1 fully saturated rings. The van der Waals surface area contributed by atoms with Gasteiger partial charge in [-0.15, -0.1) is 0 Å². The van der Waals surface area contributed by atoms with Crippen LogP contribution in [0.4, 0.5) is 0 Å². The van der Waals surface area contributed by atoms with Crippen LogP contribution in [-0.2, 0) is 4.74 Å². The van der Waals surface area contributed by atoms with Gasteiger partial charge in [-0.25, -0.2) is 0 Å². The van der Waals surface area contributed by atoms with Crippen LogP contribution in [0, 0.1) is 12.3 Å². The summed E-state index contributed by atoms with van der Waals surface area (Å²) in [5.41, 5.74) is 1.26. The first-order valence-corrected chi connectivity index (χ1v) is 5.36. The van der Waals surface area contributed by atoms with Gasteiger partial charge in [0.1, 0.15) is 0 Å². The van der Waals surface area contributed by atoms with E-state index < -0.39 is 0 Å². The van der Waals surface area contributed by atoms with Crippen LogP contribution in [0.25, 0.3) is 0 Å². The fraction of sp³-hybridized carbons (Fsp3) is 0.462. The minimum atomic E-state index is 0.178. The predicted molar refractivity (Wildman–Crippen MR) is 57.8 cm³/mol. The van der Waals surface area contributed by atoms with E-state index in [1.807, 2.05) is 6.07 Å². The molecule has 1 saturated carbocycles. The van der Waals surface area contributed by atoms with Gasteiger partial charge in [-0.05, 0) is 30.7 Å². The van der Waals surface area contributed by atoms with Gasteiger partial charge in [-0.2, -0.15) is 0 Å². The average molecular weight is 189 g/mol. The van der Waals surface area contributed by atoms with Crippen LogP contribution in [-0.4, -0.2) is 6.61 Å². The van der Waals surface area contributed by atoms with Crippen molar-refractivity contribution < 1.29 is 4.74 Å². The van der Waals surface area contributed by atoms with Gasteiger partial charge in [-0.3, -0.25) is 0 Å². The van der Waals surface area contributed by atoms with Crippen molar-refractivity contribution in [1.29, 1.82) is 0 Å². The summed E-state index contributed by atoms with van der Waals surface area (Å²) in [5.74, 6) is 0.834. The third kappa shape index (κ3) is 2.58. The molecule has 1 aliphatic carbocycles. The van der Waals surface area contributed by atoms with Gasteiger partial charge < -0.3 is 4.74 Å². The molecule has 2 rings (SSSR count). The lowest BCUT2D eigenvalue weighted by molar-refractivity contribution is 0.0667. The Morgan fingerprint density at radius 3 is 2.64 bits per heavy atom. The smallest absolute Gasteiger partial charge is 0.0854 e. The maximum atomic E-state index is 5.85. The van der Waals surface area contributed by atoms with E-state index >= 15 is 0 Å². The Morgan fingerprint density at radius 1 is 1.36 bits per heavy atom.